The number of benzene rings is 2. The first-order valence-electron chi connectivity index (χ1n) is 9.51. The summed E-state index contributed by atoms with van der Waals surface area (Å²) in [5.41, 5.74) is 2.66. The molecule has 1 aliphatic heterocycles. The average molecular weight is 412 g/mol. The molecule has 0 aliphatic carbocycles. The monoisotopic (exact) mass is 411 g/mol. The van der Waals surface area contributed by atoms with Gasteiger partial charge < -0.3 is 14.7 Å². The van der Waals surface area contributed by atoms with Crippen molar-refractivity contribution in [3.05, 3.63) is 64.9 Å². The van der Waals surface area contributed by atoms with E-state index in [1.807, 2.05) is 54.3 Å². The zero-order chi connectivity index (χ0) is 20.2. The first kappa shape index (κ1) is 19.4. The highest BCUT2D eigenvalue weighted by molar-refractivity contribution is 6.33. The standard InChI is InChI=1S/C21H22ClN5O2/c1-15-5-4-6-16(13-15)23-21(28)27-11-9-26(10-12-27)14-19-24-20(29-25-19)17-7-2-3-8-18(17)22/h2-8,13H,9-12,14H2,1H3,(H,23,28). The van der Waals surface area contributed by atoms with Crippen molar-refractivity contribution in [1.29, 1.82) is 0 Å². The summed E-state index contributed by atoms with van der Waals surface area (Å²) in [5.74, 6) is 1.03. The molecule has 0 unspecified atom stereocenters. The number of aromatic nitrogens is 2. The van der Waals surface area contributed by atoms with Crippen LogP contribution in [0.15, 0.2) is 53.1 Å². The van der Waals surface area contributed by atoms with E-state index in [0.29, 0.717) is 36.4 Å². The number of rotatable bonds is 4. The van der Waals surface area contributed by atoms with Crippen molar-refractivity contribution in [1.82, 2.24) is 19.9 Å². The molecule has 8 heteroatoms. The first-order valence-corrected chi connectivity index (χ1v) is 9.89. The number of hydrogen-bond donors (Lipinski definition) is 1. The maximum absolute atomic E-state index is 12.5. The zero-order valence-electron chi connectivity index (χ0n) is 16.1. The molecular formula is C21H22ClN5O2. The van der Waals surface area contributed by atoms with E-state index in [1.54, 1.807) is 6.07 Å². The van der Waals surface area contributed by atoms with Gasteiger partial charge in [-0.1, -0.05) is 41.0 Å². The Kier molecular flexibility index (Phi) is 5.78. The van der Waals surface area contributed by atoms with E-state index >= 15 is 0 Å². The van der Waals surface area contributed by atoms with Gasteiger partial charge in [0.2, 0.25) is 0 Å². The maximum Gasteiger partial charge on any atom is 0.321 e. The third-order valence-electron chi connectivity index (χ3n) is 4.87. The lowest BCUT2D eigenvalue weighted by Crippen LogP contribution is -2.49. The number of carbonyl (C=O) groups is 1. The molecule has 1 aromatic heterocycles. The van der Waals surface area contributed by atoms with Gasteiger partial charge in [0, 0.05) is 31.9 Å². The van der Waals surface area contributed by atoms with Crippen LogP contribution < -0.4 is 5.32 Å². The molecule has 150 valence electrons. The average Bonchev–Trinajstić information content (AvgIpc) is 3.17. The third kappa shape index (κ3) is 4.75. The summed E-state index contributed by atoms with van der Waals surface area (Å²) >= 11 is 6.19. The van der Waals surface area contributed by atoms with E-state index in [2.05, 4.69) is 20.4 Å². The van der Waals surface area contributed by atoms with Gasteiger partial charge in [-0.05, 0) is 36.8 Å². The van der Waals surface area contributed by atoms with Crippen LogP contribution in [0.2, 0.25) is 5.02 Å². The predicted octanol–water partition coefficient (Wildman–Crippen LogP) is 4.05. The number of piperazine rings is 1. The Bertz CT molecular complexity index is 998. The number of amides is 2. The lowest BCUT2D eigenvalue weighted by Gasteiger charge is -2.34. The topological polar surface area (TPSA) is 74.5 Å². The number of hydrogen-bond acceptors (Lipinski definition) is 5. The van der Waals surface area contributed by atoms with E-state index in [0.717, 1.165) is 29.9 Å². The SMILES string of the molecule is Cc1cccc(NC(=O)N2CCN(Cc3noc(-c4ccccc4Cl)n3)CC2)c1. The molecule has 2 amide bonds. The van der Waals surface area contributed by atoms with Crippen LogP contribution in [0.25, 0.3) is 11.5 Å². The molecule has 0 spiro atoms. The van der Waals surface area contributed by atoms with E-state index in [1.165, 1.54) is 0 Å². The van der Waals surface area contributed by atoms with Gasteiger partial charge in [-0.3, -0.25) is 4.90 Å². The Balaban J connectivity index is 1.30. The van der Waals surface area contributed by atoms with Gasteiger partial charge in [-0.15, -0.1) is 0 Å². The van der Waals surface area contributed by atoms with Gasteiger partial charge in [0.25, 0.3) is 5.89 Å². The van der Waals surface area contributed by atoms with Crippen LogP contribution in [0.1, 0.15) is 11.4 Å². The summed E-state index contributed by atoms with van der Waals surface area (Å²) in [6, 6.07) is 15.1. The molecule has 2 aromatic carbocycles. The second-order valence-electron chi connectivity index (χ2n) is 7.06. The number of carbonyl (C=O) groups excluding carboxylic acids is 1. The Morgan fingerprint density at radius 2 is 1.93 bits per heavy atom. The van der Waals surface area contributed by atoms with E-state index in [-0.39, 0.29) is 6.03 Å². The Labute approximate surface area is 174 Å². The number of halogens is 1. The van der Waals surface area contributed by atoms with Gasteiger partial charge >= 0.3 is 6.03 Å². The Morgan fingerprint density at radius 3 is 2.69 bits per heavy atom. The molecule has 0 saturated carbocycles. The molecule has 7 nitrogen and oxygen atoms in total. The molecule has 29 heavy (non-hydrogen) atoms. The summed E-state index contributed by atoms with van der Waals surface area (Å²) in [6.07, 6.45) is 0. The highest BCUT2D eigenvalue weighted by Crippen LogP contribution is 2.26. The normalized spacial score (nSPS) is 14.8. The molecule has 3 aromatic rings. The lowest BCUT2D eigenvalue weighted by molar-refractivity contribution is 0.140. The molecule has 0 radical (unpaired) electrons. The lowest BCUT2D eigenvalue weighted by atomic mass is 10.2. The molecular weight excluding hydrogens is 390 g/mol. The van der Waals surface area contributed by atoms with Crippen molar-refractivity contribution in [3.8, 4) is 11.5 Å². The predicted molar refractivity (Wildman–Crippen MR) is 112 cm³/mol. The quantitative estimate of drug-likeness (QED) is 0.701. The Hall–Kier alpha value is -2.90. The van der Waals surface area contributed by atoms with Crippen LogP contribution in [0.4, 0.5) is 10.5 Å². The Morgan fingerprint density at radius 1 is 1.14 bits per heavy atom. The van der Waals surface area contributed by atoms with Gasteiger partial charge in [0.15, 0.2) is 5.82 Å². The summed E-state index contributed by atoms with van der Waals surface area (Å²) in [6.45, 7) is 5.36. The fourth-order valence-corrected chi connectivity index (χ4v) is 3.51. The highest BCUT2D eigenvalue weighted by atomic mass is 35.5. The molecule has 1 aliphatic rings. The van der Waals surface area contributed by atoms with Gasteiger partial charge in [-0.2, -0.15) is 4.98 Å². The molecule has 0 bridgehead atoms. The van der Waals surface area contributed by atoms with Crippen LogP contribution in [-0.2, 0) is 6.54 Å². The molecule has 2 heterocycles. The number of nitrogens with zero attached hydrogens (tertiary/aromatic N) is 4. The van der Waals surface area contributed by atoms with E-state index in [4.69, 9.17) is 16.1 Å². The summed E-state index contributed by atoms with van der Waals surface area (Å²) in [4.78, 5) is 21.0. The minimum absolute atomic E-state index is 0.0733. The van der Waals surface area contributed by atoms with Crippen LogP contribution in [0.3, 0.4) is 0 Å². The number of anilines is 1. The van der Waals surface area contributed by atoms with Crippen LogP contribution in [-0.4, -0.2) is 52.2 Å². The van der Waals surface area contributed by atoms with Crippen molar-refractivity contribution in [2.75, 3.05) is 31.5 Å². The maximum atomic E-state index is 12.5. The largest absolute Gasteiger partial charge is 0.334 e. The summed E-state index contributed by atoms with van der Waals surface area (Å²) < 4.78 is 5.36. The fraction of sp³-hybridized carbons (Fsp3) is 0.286. The second-order valence-corrected chi connectivity index (χ2v) is 7.47. The van der Waals surface area contributed by atoms with Crippen LogP contribution in [0.5, 0.6) is 0 Å². The zero-order valence-corrected chi connectivity index (χ0v) is 16.9. The second kappa shape index (κ2) is 8.63. The molecule has 1 fully saturated rings. The molecule has 1 N–H and O–H groups in total. The summed E-state index contributed by atoms with van der Waals surface area (Å²) in [5, 5.41) is 7.61. The van der Waals surface area contributed by atoms with Crippen molar-refractivity contribution >= 4 is 23.3 Å². The first-order chi connectivity index (χ1) is 14.1. The smallest absolute Gasteiger partial charge is 0.321 e. The third-order valence-corrected chi connectivity index (χ3v) is 5.20. The van der Waals surface area contributed by atoms with Gasteiger partial charge in [0.05, 0.1) is 17.1 Å². The highest BCUT2D eigenvalue weighted by Gasteiger charge is 2.23. The fourth-order valence-electron chi connectivity index (χ4n) is 3.30. The molecule has 0 atom stereocenters. The number of urea groups is 1. The van der Waals surface area contributed by atoms with Crippen LogP contribution in [0, 0.1) is 6.92 Å². The summed E-state index contributed by atoms with van der Waals surface area (Å²) in [7, 11) is 0. The van der Waals surface area contributed by atoms with Crippen molar-refractivity contribution in [3.63, 3.8) is 0 Å². The van der Waals surface area contributed by atoms with E-state index < -0.39 is 0 Å². The number of nitrogens with one attached hydrogen (secondary N) is 1. The van der Waals surface area contributed by atoms with Crippen LogP contribution >= 0.6 is 11.6 Å². The molecule has 1 saturated heterocycles. The van der Waals surface area contributed by atoms with E-state index in [9.17, 15) is 4.79 Å². The van der Waals surface area contributed by atoms with Crippen molar-refractivity contribution < 1.29 is 9.32 Å². The number of aryl methyl sites for hydroxylation is 1. The molecule has 4 rings (SSSR count). The van der Waals surface area contributed by atoms with Crippen molar-refractivity contribution in [2.45, 2.75) is 13.5 Å². The minimum Gasteiger partial charge on any atom is -0.334 e. The van der Waals surface area contributed by atoms with Crippen molar-refractivity contribution in [2.24, 2.45) is 0 Å². The van der Waals surface area contributed by atoms with Gasteiger partial charge in [0.1, 0.15) is 0 Å². The van der Waals surface area contributed by atoms with Gasteiger partial charge in [-0.25, -0.2) is 4.79 Å². The minimum atomic E-state index is -0.0733.